The molecule has 0 aliphatic heterocycles. The molecule has 0 saturated carbocycles. The Morgan fingerprint density at radius 2 is 1.83 bits per heavy atom. The monoisotopic (exact) mass is 329 g/mol. The highest BCUT2D eigenvalue weighted by Gasteiger charge is 2.04. The Hall–Kier alpha value is -2.56. The quantitative estimate of drug-likeness (QED) is 0.434. The zero-order valence-electron chi connectivity index (χ0n) is 14.0. The van der Waals surface area contributed by atoms with Crippen LogP contribution < -0.4 is 10.3 Å². The lowest BCUT2D eigenvalue weighted by molar-refractivity contribution is -0.139. The van der Waals surface area contributed by atoms with Gasteiger partial charge in [-0.3, -0.25) is 4.79 Å². The highest BCUT2D eigenvalue weighted by Crippen LogP contribution is 2.21. The molecular formula is C19H23NO4. The second kappa shape index (κ2) is 8.91. The number of benzene rings is 1. The summed E-state index contributed by atoms with van der Waals surface area (Å²) >= 11 is 0. The Morgan fingerprint density at radius 3 is 2.58 bits per heavy atom. The maximum atomic E-state index is 11.6. The van der Waals surface area contributed by atoms with Gasteiger partial charge in [0, 0.05) is 17.0 Å². The van der Waals surface area contributed by atoms with Gasteiger partial charge in [0.2, 0.25) is 0 Å². The van der Waals surface area contributed by atoms with Gasteiger partial charge in [-0.1, -0.05) is 18.7 Å². The van der Waals surface area contributed by atoms with Gasteiger partial charge in [-0.2, -0.15) is 0 Å². The minimum Gasteiger partial charge on any atom is -0.493 e. The Kier molecular flexibility index (Phi) is 6.61. The molecule has 24 heavy (non-hydrogen) atoms. The normalized spacial score (nSPS) is 10.5. The van der Waals surface area contributed by atoms with Crippen LogP contribution in [0.4, 0.5) is 0 Å². The van der Waals surface area contributed by atoms with Crippen LogP contribution in [0, 0.1) is 0 Å². The molecule has 0 atom stereocenters. The van der Waals surface area contributed by atoms with Gasteiger partial charge in [-0.15, -0.1) is 0 Å². The number of fused-ring (bicyclic) bond motifs is 1. The number of hydrogen-bond donors (Lipinski definition) is 1. The number of pyridine rings is 1. The Balaban J connectivity index is 1.69. The number of para-hydroxylation sites is 1. The van der Waals surface area contributed by atoms with Gasteiger partial charge in [-0.25, -0.2) is 4.79 Å². The molecule has 0 aliphatic carbocycles. The largest absolute Gasteiger partial charge is 0.493 e. The smallest absolute Gasteiger partial charge is 0.333 e. The minimum absolute atomic E-state index is 0.164. The Morgan fingerprint density at radius 1 is 1.12 bits per heavy atom. The first-order valence-corrected chi connectivity index (χ1v) is 8.15. The third kappa shape index (κ3) is 5.26. The molecule has 0 saturated heterocycles. The molecule has 1 heterocycles. The van der Waals surface area contributed by atoms with E-state index >= 15 is 0 Å². The summed E-state index contributed by atoms with van der Waals surface area (Å²) < 4.78 is 10.8. The maximum Gasteiger partial charge on any atom is 0.333 e. The van der Waals surface area contributed by atoms with Crippen molar-refractivity contribution in [2.45, 2.75) is 32.6 Å². The van der Waals surface area contributed by atoms with Gasteiger partial charge in [0.25, 0.3) is 5.56 Å². The molecule has 2 aromatic rings. The molecule has 0 spiro atoms. The summed E-state index contributed by atoms with van der Waals surface area (Å²) in [7, 11) is 0. The number of rotatable bonds is 9. The molecule has 0 fully saturated rings. The van der Waals surface area contributed by atoms with E-state index in [-0.39, 0.29) is 11.5 Å². The topological polar surface area (TPSA) is 68.4 Å². The second-order valence-electron chi connectivity index (χ2n) is 5.72. The zero-order chi connectivity index (χ0) is 17.4. The van der Waals surface area contributed by atoms with Gasteiger partial charge in [-0.05, 0) is 44.7 Å². The van der Waals surface area contributed by atoms with Crippen molar-refractivity contribution in [1.82, 2.24) is 4.98 Å². The lowest BCUT2D eigenvalue weighted by Gasteiger charge is -2.09. The van der Waals surface area contributed by atoms with Crippen LogP contribution >= 0.6 is 0 Å². The van der Waals surface area contributed by atoms with Crippen molar-refractivity contribution in [3.63, 3.8) is 0 Å². The first-order chi connectivity index (χ1) is 11.6. The Bertz CT molecular complexity index is 763. The number of carbonyl (C=O) groups is 1. The van der Waals surface area contributed by atoms with Crippen LogP contribution in [-0.4, -0.2) is 24.2 Å². The molecule has 0 bridgehead atoms. The summed E-state index contributed by atoms with van der Waals surface area (Å²) in [4.78, 5) is 25.6. The maximum absolute atomic E-state index is 11.6. The predicted molar refractivity (Wildman–Crippen MR) is 94.3 cm³/mol. The fourth-order valence-electron chi connectivity index (χ4n) is 2.32. The summed E-state index contributed by atoms with van der Waals surface area (Å²) in [5.74, 6) is 0.282. The van der Waals surface area contributed by atoms with Gasteiger partial charge in [0.05, 0.1) is 18.7 Å². The van der Waals surface area contributed by atoms with Crippen molar-refractivity contribution in [1.29, 1.82) is 0 Å². The van der Waals surface area contributed by atoms with E-state index in [1.165, 1.54) is 6.07 Å². The predicted octanol–water partition coefficient (Wildman–Crippen LogP) is 3.59. The van der Waals surface area contributed by atoms with Crippen molar-refractivity contribution in [2.75, 3.05) is 13.2 Å². The summed E-state index contributed by atoms with van der Waals surface area (Å²) in [6.45, 7) is 6.15. The number of nitrogens with one attached hydrogen (secondary N) is 1. The number of unbranched alkanes of at least 4 members (excludes halogenated alkanes) is 3. The van der Waals surface area contributed by atoms with E-state index in [0.29, 0.717) is 24.5 Å². The highest BCUT2D eigenvalue weighted by atomic mass is 16.5. The van der Waals surface area contributed by atoms with E-state index in [4.69, 9.17) is 9.47 Å². The van der Waals surface area contributed by atoms with Crippen molar-refractivity contribution < 1.29 is 14.3 Å². The summed E-state index contributed by atoms with van der Waals surface area (Å²) in [5, 5.41) is 0.906. The van der Waals surface area contributed by atoms with Crippen LogP contribution in [0.25, 0.3) is 10.9 Å². The number of ether oxygens (including phenoxy) is 2. The van der Waals surface area contributed by atoms with E-state index in [9.17, 15) is 9.59 Å². The lowest BCUT2D eigenvalue weighted by atomic mass is 10.2. The standard InChI is InChI=1S/C19H23NO4/c1-14(2)19(22)24-12-8-4-3-7-11-23-17-13-18(21)20-16-10-6-5-9-15(16)17/h5-6,9-10,13H,1,3-4,7-8,11-12H2,2H3,(H,20,21). The van der Waals surface area contributed by atoms with Crippen LogP contribution in [0.2, 0.25) is 0 Å². The van der Waals surface area contributed by atoms with Crippen molar-refractivity contribution in [2.24, 2.45) is 0 Å². The first-order valence-electron chi connectivity index (χ1n) is 8.15. The van der Waals surface area contributed by atoms with Gasteiger partial charge < -0.3 is 14.5 Å². The number of H-pyrrole nitrogens is 1. The molecule has 0 aliphatic rings. The van der Waals surface area contributed by atoms with Crippen molar-refractivity contribution in [3.05, 3.63) is 52.8 Å². The number of esters is 1. The first kappa shape index (κ1) is 17.8. The summed E-state index contributed by atoms with van der Waals surface area (Å²) in [5.41, 5.74) is 1.04. The molecule has 128 valence electrons. The summed E-state index contributed by atoms with van der Waals surface area (Å²) in [6.07, 6.45) is 3.65. The van der Waals surface area contributed by atoms with Crippen LogP contribution in [0.15, 0.2) is 47.3 Å². The molecular weight excluding hydrogens is 306 g/mol. The molecule has 0 unspecified atom stereocenters. The molecule has 0 radical (unpaired) electrons. The fraction of sp³-hybridized carbons (Fsp3) is 0.368. The average Bonchev–Trinajstić information content (AvgIpc) is 2.56. The fourth-order valence-corrected chi connectivity index (χ4v) is 2.32. The molecule has 2 rings (SSSR count). The van der Waals surface area contributed by atoms with Crippen molar-refractivity contribution >= 4 is 16.9 Å². The molecule has 1 N–H and O–H groups in total. The van der Waals surface area contributed by atoms with E-state index in [1.54, 1.807) is 6.92 Å². The van der Waals surface area contributed by atoms with Crippen LogP contribution in [-0.2, 0) is 9.53 Å². The SMILES string of the molecule is C=C(C)C(=O)OCCCCCCOc1cc(=O)[nH]c2ccccc12. The highest BCUT2D eigenvalue weighted by molar-refractivity contribution is 5.86. The molecule has 1 aromatic carbocycles. The second-order valence-corrected chi connectivity index (χ2v) is 5.72. The zero-order valence-corrected chi connectivity index (χ0v) is 14.0. The summed E-state index contributed by atoms with van der Waals surface area (Å²) in [6, 6.07) is 9.06. The third-order valence-corrected chi connectivity index (χ3v) is 3.59. The third-order valence-electron chi connectivity index (χ3n) is 3.59. The lowest BCUT2D eigenvalue weighted by Crippen LogP contribution is -2.07. The average molecular weight is 329 g/mol. The van der Waals surface area contributed by atoms with E-state index in [2.05, 4.69) is 11.6 Å². The van der Waals surface area contributed by atoms with Crippen LogP contribution in [0.3, 0.4) is 0 Å². The number of aromatic amines is 1. The van der Waals surface area contributed by atoms with Gasteiger partial charge in [0.1, 0.15) is 5.75 Å². The molecule has 1 aromatic heterocycles. The van der Waals surface area contributed by atoms with Crippen molar-refractivity contribution in [3.8, 4) is 5.75 Å². The van der Waals surface area contributed by atoms with E-state index in [1.807, 2.05) is 24.3 Å². The Labute approximate surface area is 141 Å². The number of aromatic nitrogens is 1. The van der Waals surface area contributed by atoms with Gasteiger partial charge >= 0.3 is 5.97 Å². The molecule has 5 heteroatoms. The van der Waals surface area contributed by atoms with E-state index < -0.39 is 0 Å². The minimum atomic E-state index is -0.334. The molecule has 5 nitrogen and oxygen atoms in total. The van der Waals surface area contributed by atoms with E-state index in [0.717, 1.165) is 36.6 Å². The van der Waals surface area contributed by atoms with Crippen LogP contribution in [0.5, 0.6) is 5.75 Å². The number of hydrogen-bond acceptors (Lipinski definition) is 4. The van der Waals surface area contributed by atoms with Crippen LogP contribution in [0.1, 0.15) is 32.6 Å². The molecule has 0 amide bonds. The van der Waals surface area contributed by atoms with Gasteiger partial charge in [0.15, 0.2) is 0 Å². The number of carbonyl (C=O) groups excluding carboxylic acids is 1.